The molecular weight excluding hydrogens is 423 g/mol. The number of hydrogen-bond donors (Lipinski definition) is 0. The van der Waals surface area contributed by atoms with Crippen molar-refractivity contribution in [2.24, 2.45) is 0 Å². The van der Waals surface area contributed by atoms with Crippen LogP contribution >= 0.6 is 0 Å². The van der Waals surface area contributed by atoms with Crippen molar-refractivity contribution in [2.75, 3.05) is 31.1 Å². The number of nitrogens with zero attached hydrogens (tertiary/aromatic N) is 7. The summed E-state index contributed by atoms with van der Waals surface area (Å²) in [6.07, 6.45) is -1.02. The number of rotatable bonds is 5. The fourth-order valence-corrected chi connectivity index (χ4v) is 3.76. The topological polar surface area (TPSA) is 80.0 Å². The Hall–Kier alpha value is -3.50. The number of alkyl halides is 3. The molecule has 1 aliphatic heterocycles. The lowest BCUT2D eigenvalue weighted by atomic mass is 10.0. The third-order valence-corrected chi connectivity index (χ3v) is 5.45. The molecule has 3 heterocycles. The Morgan fingerprint density at radius 3 is 2.50 bits per heavy atom. The number of hydrogen-bond acceptors (Lipinski definition) is 6. The van der Waals surface area contributed by atoms with Crippen LogP contribution in [0.4, 0.5) is 19.0 Å². The number of pyridine rings is 1. The molecule has 1 aromatic carbocycles. The van der Waals surface area contributed by atoms with E-state index in [0.29, 0.717) is 44.8 Å². The van der Waals surface area contributed by atoms with Gasteiger partial charge >= 0.3 is 6.18 Å². The number of halogens is 3. The van der Waals surface area contributed by atoms with Crippen molar-refractivity contribution in [3.05, 3.63) is 66.1 Å². The van der Waals surface area contributed by atoms with Gasteiger partial charge in [-0.05, 0) is 34.5 Å². The summed E-state index contributed by atoms with van der Waals surface area (Å²) in [4.78, 5) is 21.0. The lowest BCUT2D eigenvalue weighted by Crippen LogP contribution is -2.41. The third-order valence-electron chi connectivity index (χ3n) is 5.45. The molecule has 1 unspecified atom stereocenters. The lowest BCUT2D eigenvalue weighted by molar-refractivity contribution is -0.138. The second-order valence-electron chi connectivity index (χ2n) is 7.56. The molecule has 0 bridgehead atoms. The molecule has 0 spiro atoms. The van der Waals surface area contributed by atoms with Gasteiger partial charge in [-0.25, -0.2) is 9.67 Å². The van der Waals surface area contributed by atoms with Crippen LogP contribution in [0.1, 0.15) is 23.6 Å². The Labute approximate surface area is 182 Å². The number of aromatic nitrogens is 5. The minimum absolute atomic E-state index is 0.0941. The van der Waals surface area contributed by atoms with Crippen molar-refractivity contribution in [2.45, 2.75) is 25.1 Å². The van der Waals surface area contributed by atoms with Crippen LogP contribution in [0, 0.1) is 0 Å². The molecule has 0 aliphatic carbocycles. The molecule has 0 saturated carbocycles. The minimum Gasteiger partial charge on any atom is -0.355 e. The first-order valence-electron chi connectivity index (χ1n) is 10.3. The van der Waals surface area contributed by atoms with Crippen LogP contribution in [0.15, 0.2) is 55.0 Å². The van der Waals surface area contributed by atoms with Gasteiger partial charge in [0.05, 0.1) is 5.56 Å². The predicted molar refractivity (Wildman–Crippen MR) is 110 cm³/mol. The Bertz CT molecular complexity index is 1010. The van der Waals surface area contributed by atoms with E-state index < -0.39 is 17.8 Å². The van der Waals surface area contributed by atoms with E-state index in [1.807, 2.05) is 35.2 Å². The molecule has 168 valence electrons. The molecule has 1 amide bonds. The van der Waals surface area contributed by atoms with E-state index in [4.69, 9.17) is 0 Å². The van der Waals surface area contributed by atoms with E-state index in [1.165, 1.54) is 17.1 Å². The molecule has 32 heavy (non-hydrogen) atoms. The standard InChI is InChI=1S/C21H22F3N7O/c22-21(23,24)17-7-8-19(25-14-17)29-9-4-10-30(12-11-29)20(32)18(31-15-26-27-28-31)13-16-5-2-1-3-6-16/h1-3,5-8,14-15,18H,4,9-13H2. The van der Waals surface area contributed by atoms with Crippen molar-refractivity contribution in [1.29, 1.82) is 0 Å². The number of benzene rings is 1. The average molecular weight is 445 g/mol. The molecule has 8 nitrogen and oxygen atoms in total. The van der Waals surface area contributed by atoms with Crippen LogP contribution in [-0.2, 0) is 17.4 Å². The van der Waals surface area contributed by atoms with E-state index in [2.05, 4.69) is 20.5 Å². The lowest BCUT2D eigenvalue weighted by Gasteiger charge is -2.26. The van der Waals surface area contributed by atoms with Gasteiger partial charge in [0, 0.05) is 38.8 Å². The molecule has 11 heteroatoms. The Balaban J connectivity index is 1.46. The molecule has 2 aromatic heterocycles. The second kappa shape index (κ2) is 9.33. The molecule has 1 fully saturated rings. The number of carbonyl (C=O) groups is 1. The average Bonchev–Trinajstić information content (AvgIpc) is 3.21. The molecule has 1 atom stereocenters. The maximum atomic E-state index is 13.4. The normalized spacial score (nSPS) is 16.0. The summed E-state index contributed by atoms with van der Waals surface area (Å²) >= 11 is 0. The summed E-state index contributed by atoms with van der Waals surface area (Å²) in [5, 5.41) is 11.3. The number of amides is 1. The van der Waals surface area contributed by atoms with Crippen LogP contribution in [-0.4, -0.2) is 62.2 Å². The van der Waals surface area contributed by atoms with Gasteiger partial charge in [-0.15, -0.1) is 5.10 Å². The van der Waals surface area contributed by atoms with Crippen LogP contribution in [0.5, 0.6) is 0 Å². The zero-order chi connectivity index (χ0) is 22.6. The number of carbonyl (C=O) groups excluding carboxylic acids is 1. The van der Waals surface area contributed by atoms with Gasteiger partial charge in [-0.2, -0.15) is 13.2 Å². The molecular formula is C21H22F3N7O. The van der Waals surface area contributed by atoms with E-state index in [-0.39, 0.29) is 5.91 Å². The zero-order valence-corrected chi connectivity index (χ0v) is 17.2. The summed E-state index contributed by atoms with van der Waals surface area (Å²) in [6, 6.07) is 11.5. The highest BCUT2D eigenvalue weighted by molar-refractivity contribution is 5.80. The largest absolute Gasteiger partial charge is 0.417 e. The van der Waals surface area contributed by atoms with Gasteiger partial charge in [0.2, 0.25) is 5.91 Å². The van der Waals surface area contributed by atoms with Crippen molar-refractivity contribution in [3.63, 3.8) is 0 Å². The fourth-order valence-electron chi connectivity index (χ4n) is 3.76. The minimum atomic E-state index is -4.42. The smallest absolute Gasteiger partial charge is 0.355 e. The highest BCUT2D eigenvalue weighted by Gasteiger charge is 2.32. The highest BCUT2D eigenvalue weighted by Crippen LogP contribution is 2.29. The quantitative estimate of drug-likeness (QED) is 0.601. The van der Waals surface area contributed by atoms with Crippen LogP contribution in [0.3, 0.4) is 0 Å². The predicted octanol–water partition coefficient (Wildman–Crippen LogP) is 2.61. The second-order valence-corrected chi connectivity index (χ2v) is 7.56. The van der Waals surface area contributed by atoms with Gasteiger partial charge in [-0.1, -0.05) is 30.3 Å². The van der Waals surface area contributed by atoms with Crippen molar-refractivity contribution in [3.8, 4) is 0 Å². The molecule has 1 saturated heterocycles. The van der Waals surface area contributed by atoms with E-state index in [9.17, 15) is 18.0 Å². The maximum Gasteiger partial charge on any atom is 0.417 e. The van der Waals surface area contributed by atoms with E-state index >= 15 is 0 Å². The fraction of sp³-hybridized carbons (Fsp3) is 0.381. The number of tetrazole rings is 1. The zero-order valence-electron chi connectivity index (χ0n) is 17.2. The maximum absolute atomic E-state index is 13.4. The van der Waals surface area contributed by atoms with Crippen LogP contribution < -0.4 is 4.90 Å². The molecule has 1 aliphatic rings. The Kier molecular flexibility index (Phi) is 6.33. The first kappa shape index (κ1) is 21.7. The third kappa shape index (κ3) is 5.04. The molecule has 0 radical (unpaired) electrons. The SMILES string of the molecule is O=C(C(Cc1ccccc1)n1cnnn1)N1CCCN(c2ccc(C(F)(F)F)cn2)CC1. The Morgan fingerprint density at radius 1 is 1.03 bits per heavy atom. The first-order chi connectivity index (χ1) is 15.4. The molecule has 4 rings (SSSR count). The summed E-state index contributed by atoms with van der Waals surface area (Å²) in [7, 11) is 0. The van der Waals surface area contributed by atoms with E-state index in [1.54, 1.807) is 4.90 Å². The van der Waals surface area contributed by atoms with Crippen molar-refractivity contribution < 1.29 is 18.0 Å². The first-order valence-corrected chi connectivity index (χ1v) is 10.3. The van der Waals surface area contributed by atoms with Gasteiger partial charge in [0.1, 0.15) is 18.2 Å². The summed E-state index contributed by atoms with van der Waals surface area (Å²) in [6.45, 7) is 2.02. The van der Waals surface area contributed by atoms with Crippen LogP contribution in [0.25, 0.3) is 0 Å². The van der Waals surface area contributed by atoms with E-state index in [0.717, 1.165) is 17.8 Å². The monoisotopic (exact) mass is 445 g/mol. The summed E-state index contributed by atoms with van der Waals surface area (Å²) in [5.41, 5.74) is 0.213. The highest BCUT2D eigenvalue weighted by atomic mass is 19.4. The van der Waals surface area contributed by atoms with Crippen molar-refractivity contribution in [1.82, 2.24) is 30.1 Å². The van der Waals surface area contributed by atoms with Gasteiger partial charge in [-0.3, -0.25) is 4.79 Å². The van der Waals surface area contributed by atoms with Crippen molar-refractivity contribution >= 4 is 11.7 Å². The molecule has 3 aromatic rings. The van der Waals surface area contributed by atoms with Gasteiger partial charge in [0.25, 0.3) is 0 Å². The van der Waals surface area contributed by atoms with Crippen LogP contribution in [0.2, 0.25) is 0 Å². The summed E-state index contributed by atoms with van der Waals surface area (Å²) in [5.74, 6) is 0.372. The molecule has 0 N–H and O–H groups in total. The number of anilines is 1. The summed E-state index contributed by atoms with van der Waals surface area (Å²) < 4.78 is 39.9. The van der Waals surface area contributed by atoms with Gasteiger partial charge in [0.15, 0.2) is 0 Å². The Morgan fingerprint density at radius 2 is 1.84 bits per heavy atom. The van der Waals surface area contributed by atoms with Gasteiger partial charge < -0.3 is 9.80 Å².